The van der Waals surface area contributed by atoms with Gasteiger partial charge in [-0.25, -0.2) is 0 Å². The lowest BCUT2D eigenvalue weighted by molar-refractivity contribution is -0.148. The summed E-state index contributed by atoms with van der Waals surface area (Å²) in [5.74, 6) is -2.42. The lowest BCUT2D eigenvalue weighted by atomic mass is 9.69. The van der Waals surface area contributed by atoms with Crippen molar-refractivity contribution in [2.24, 2.45) is 5.41 Å². The molecule has 0 spiro atoms. The molecule has 6 N–H and O–H groups in total. The fourth-order valence-electron chi connectivity index (χ4n) is 2.68. The predicted octanol–water partition coefficient (Wildman–Crippen LogP) is -1.88. The zero-order chi connectivity index (χ0) is 14.6. The van der Waals surface area contributed by atoms with E-state index in [2.05, 4.69) is 5.32 Å². The second-order valence-corrected chi connectivity index (χ2v) is 4.87. The number of rotatable bonds is 7. The molecule has 19 heavy (non-hydrogen) atoms. The van der Waals surface area contributed by atoms with Crippen molar-refractivity contribution in [1.82, 2.24) is 5.32 Å². The molecule has 0 aromatic rings. The zero-order valence-electron chi connectivity index (χ0n) is 10.3. The van der Waals surface area contributed by atoms with E-state index in [1.807, 2.05) is 0 Å². The number of β-amino-alcohol motifs (C(OH)–C–C–N with tert-alkyl or cyclic N) is 1. The molecule has 3 atom stereocenters. The molecule has 0 aliphatic carbocycles. The summed E-state index contributed by atoms with van der Waals surface area (Å²) in [4.78, 5) is 22.1. The number of carboxylic acid groups (broad SMARTS) is 2. The summed E-state index contributed by atoms with van der Waals surface area (Å²) in [6.07, 6.45) is -1.28. The molecular formula is C10H18BNO7. The minimum atomic E-state index is -1.53. The Labute approximate surface area is 110 Å². The lowest BCUT2D eigenvalue weighted by Crippen LogP contribution is -2.48. The van der Waals surface area contributed by atoms with Crippen LogP contribution in [-0.2, 0) is 9.59 Å². The average Bonchev–Trinajstić information content (AvgIpc) is 2.55. The molecule has 0 aromatic heterocycles. The highest BCUT2D eigenvalue weighted by Crippen LogP contribution is 2.40. The SMILES string of the molecule is O=C(O)CC1(CCCB(O)O)C(O)CNC1C(=O)O. The molecule has 0 aromatic carbocycles. The van der Waals surface area contributed by atoms with E-state index >= 15 is 0 Å². The molecule has 1 saturated heterocycles. The third-order valence-electron chi connectivity index (χ3n) is 3.59. The maximum Gasteiger partial charge on any atom is 0.451 e. The first-order valence-electron chi connectivity index (χ1n) is 6.02. The minimum absolute atomic E-state index is 0.000425. The van der Waals surface area contributed by atoms with Crippen molar-refractivity contribution in [3.05, 3.63) is 0 Å². The Hall–Kier alpha value is -1.16. The summed E-state index contributed by atoms with van der Waals surface area (Å²) in [6.45, 7) is 0.00588. The van der Waals surface area contributed by atoms with Gasteiger partial charge in [-0.1, -0.05) is 6.42 Å². The van der Waals surface area contributed by atoms with Crippen LogP contribution in [0.15, 0.2) is 0 Å². The van der Waals surface area contributed by atoms with E-state index in [9.17, 15) is 14.7 Å². The Bertz CT molecular complexity index is 351. The van der Waals surface area contributed by atoms with E-state index < -0.39 is 43.0 Å². The molecule has 8 nitrogen and oxygen atoms in total. The van der Waals surface area contributed by atoms with Crippen LogP contribution in [0.3, 0.4) is 0 Å². The Kier molecular flexibility index (Phi) is 5.30. The number of carbonyl (C=O) groups is 2. The van der Waals surface area contributed by atoms with Crippen LogP contribution in [0.1, 0.15) is 19.3 Å². The number of aliphatic hydroxyl groups excluding tert-OH is 1. The molecule has 0 radical (unpaired) electrons. The number of aliphatic carboxylic acids is 2. The van der Waals surface area contributed by atoms with E-state index in [4.69, 9.17) is 20.3 Å². The van der Waals surface area contributed by atoms with Crippen molar-refractivity contribution in [2.45, 2.75) is 37.7 Å². The lowest BCUT2D eigenvalue weighted by Gasteiger charge is -2.34. The first kappa shape index (κ1) is 15.9. The monoisotopic (exact) mass is 275 g/mol. The molecule has 1 fully saturated rings. The van der Waals surface area contributed by atoms with Gasteiger partial charge in [0.1, 0.15) is 6.04 Å². The largest absolute Gasteiger partial charge is 0.481 e. The normalized spacial score (nSPS) is 30.3. The molecule has 1 aliphatic rings. The van der Waals surface area contributed by atoms with Gasteiger partial charge in [0.2, 0.25) is 0 Å². The minimum Gasteiger partial charge on any atom is -0.481 e. The smallest absolute Gasteiger partial charge is 0.451 e. The van der Waals surface area contributed by atoms with Crippen LogP contribution in [0, 0.1) is 5.41 Å². The highest BCUT2D eigenvalue weighted by atomic mass is 16.4. The topological polar surface area (TPSA) is 147 Å². The molecule has 3 unspecified atom stereocenters. The molecular weight excluding hydrogens is 257 g/mol. The maximum atomic E-state index is 11.2. The van der Waals surface area contributed by atoms with Gasteiger partial charge in [0.25, 0.3) is 0 Å². The summed E-state index contributed by atoms with van der Waals surface area (Å²) in [7, 11) is -1.53. The van der Waals surface area contributed by atoms with Crippen molar-refractivity contribution >= 4 is 19.1 Å². The third-order valence-corrected chi connectivity index (χ3v) is 3.59. The van der Waals surface area contributed by atoms with Crippen LogP contribution in [-0.4, -0.2) is 63.1 Å². The van der Waals surface area contributed by atoms with Gasteiger partial charge in [-0.2, -0.15) is 0 Å². The van der Waals surface area contributed by atoms with E-state index in [1.165, 1.54) is 0 Å². The van der Waals surface area contributed by atoms with Gasteiger partial charge in [0.05, 0.1) is 12.5 Å². The van der Waals surface area contributed by atoms with Crippen molar-refractivity contribution in [1.29, 1.82) is 0 Å². The maximum absolute atomic E-state index is 11.2. The van der Waals surface area contributed by atoms with Gasteiger partial charge in [-0.15, -0.1) is 0 Å². The van der Waals surface area contributed by atoms with Crippen LogP contribution in [0.2, 0.25) is 6.32 Å². The average molecular weight is 275 g/mol. The molecule has 0 bridgehead atoms. The van der Waals surface area contributed by atoms with Gasteiger partial charge in [0.15, 0.2) is 0 Å². The predicted molar refractivity (Wildman–Crippen MR) is 64.4 cm³/mol. The van der Waals surface area contributed by atoms with Crippen molar-refractivity contribution in [3.8, 4) is 0 Å². The van der Waals surface area contributed by atoms with Crippen molar-refractivity contribution < 1.29 is 35.0 Å². The van der Waals surface area contributed by atoms with Crippen LogP contribution >= 0.6 is 0 Å². The summed E-state index contributed by atoms with van der Waals surface area (Å²) >= 11 is 0. The fraction of sp³-hybridized carbons (Fsp3) is 0.800. The molecule has 0 amide bonds. The number of hydrogen-bond acceptors (Lipinski definition) is 6. The third kappa shape index (κ3) is 3.66. The van der Waals surface area contributed by atoms with E-state index in [1.54, 1.807) is 0 Å². The van der Waals surface area contributed by atoms with Crippen LogP contribution in [0.25, 0.3) is 0 Å². The molecule has 9 heteroatoms. The molecule has 108 valence electrons. The summed E-state index contributed by atoms with van der Waals surface area (Å²) < 4.78 is 0. The summed E-state index contributed by atoms with van der Waals surface area (Å²) in [5.41, 5.74) is -1.33. The van der Waals surface area contributed by atoms with Crippen molar-refractivity contribution in [2.75, 3.05) is 6.54 Å². The molecule has 1 heterocycles. The van der Waals surface area contributed by atoms with Gasteiger partial charge < -0.3 is 30.7 Å². The second-order valence-electron chi connectivity index (χ2n) is 4.87. The van der Waals surface area contributed by atoms with E-state index in [-0.39, 0.29) is 25.7 Å². The van der Waals surface area contributed by atoms with E-state index in [0.29, 0.717) is 0 Å². The van der Waals surface area contributed by atoms with Crippen LogP contribution in [0.4, 0.5) is 0 Å². The number of hydrogen-bond donors (Lipinski definition) is 6. The molecule has 1 rings (SSSR count). The Morgan fingerprint density at radius 3 is 2.42 bits per heavy atom. The van der Waals surface area contributed by atoms with Crippen LogP contribution in [0.5, 0.6) is 0 Å². The second kappa shape index (κ2) is 6.33. The van der Waals surface area contributed by atoms with Gasteiger partial charge in [0, 0.05) is 12.0 Å². The summed E-state index contributed by atoms with van der Waals surface area (Å²) in [6, 6.07) is -1.16. The Balaban J connectivity index is 2.88. The number of nitrogens with one attached hydrogen (secondary N) is 1. The number of carboxylic acids is 2. The Morgan fingerprint density at radius 2 is 1.95 bits per heavy atom. The van der Waals surface area contributed by atoms with Gasteiger partial charge in [-0.3, -0.25) is 9.59 Å². The van der Waals surface area contributed by atoms with Gasteiger partial charge >= 0.3 is 19.1 Å². The molecule has 1 aliphatic heterocycles. The first-order valence-corrected chi connectivity index (χ1v) is 6.02. The fourth-order valence-corrected chi connectivity index (χ4v) is 2.68. The van der Waals surface area contributed by atoms with Crippen molar-refractivity contribution in [3.63, 3.8) is 0 Å². The van der Waals surface area contributed by atoms with Crippen LogP contribution < -0.4 is 5.32 Å². The molecule has 0 saturated carbocycles. The zero-order valence-corrected chi connectivity index (χ0v) is 10.3. The van der Waals surface area contributed by atoms with E-state index in [0.717, 1.165) is 0 Å². The quantitative estimate of drug-likeness (QED) is 0.296. The first-order chi connectivity index (χ1) is 8.79. The van der Waals surface area contributed by atoms with Gasteiger partial charge in [-0.05, 0) is 12.7 Å². The summed E-state index contributed by atoms with van der Waals surface area (Å²) in [5, 5.41) is 48.2. The highest BCUT2D eigenvalue weighted by Gasteiger charge is 2.53. The Morgan fingerprint density at radius 1 is 1.32 bits per heavy atom. The standard InChI is InChI=1S/C10H18BNO7/c13-6-5-12-8(9(16)17)10(6,4-7(14)15)2-1-3-11(18)19/h6,8,12-13,18-19H,1-5H2,(H,14,15)(H,16,17). The number of aliphatic hydroxyl groups is 1. The highest BCUT2D eigenvalue weighted by molar-refractivity contribution is 6.40.